The van der Waals surface area contributed by atoms with Crippen molar-refractivity contribution >= 4 is 17.3 Å². The van der Waals surface area contributed by atoms with Gasteiger partial charge in [0.2, 0.25) is 0 Å². The second kappa shape index (κ2) is 6.39. The summed E-state index contributed by atoms with van der Waals surface area (Å²) in [4.78, 5) is 10.1. The molecule has 2 rings (SSSR count). The van der Waals surface area contributed by atoms with Crippen LogP contribution in [0.5, 0.6) is 5.75 Å². The lowest BCUT2D eigenvalue weighted by Crippen LogP contribution is -2.55. The molecule has 1 saturated carbocycles. The van der Waals surface area contributed by atoms with Gasteiger partial charge in [0.25, 0.3) is 5.69 Å². The number of rotatable bonds is 6. The van der Waals surface area contributed by atoms with Gasteiger partial charge in [-0.3, -0.25) is 10.1 Å². The quantitative estimate of drug-likeness (QED) is 0.645. The fourth-order valence-corrected chi connectivity index (χ4v) is 2.23. The number of nitro benzene ring substituents is 1. The lowest BCUT2D eigenvalue weighted by Gasteiger charge is -2.40. The van der Waals surface area contributed by atoms with Crippen molar-refractivity contribution < 1.29 is 19.5 Å². The van der Waals surface area contributed by atoms with E-state index in [0.29, 0.717) is 18.8 Å². The maximum atomic E-state index is 10.6. The summed E-state index contributed by atoms with van der Waals surface area (Å²) in [6, 6.07) is 4.04. The van der Waals surface area contributed by atoms with Crippen molar-refractivity contribution in [2.75, 3.05) is 6.61 Å². The predicted molar refractivity (Wildman–Crippen MR) is 73.2 cm³/mol. The Balaban J connectivity index is 2.01. The van der Waals surface area contributed by atoms with Gasteiger partial charge in [0.05, 0.1) is 16.0 Å². The van der Waals surface area contributed by atoms with Crippen molar-refractivity contribution in [1.82, 2.24) is 0 Å². The van der Waals surface area contributed by atoms with Crippen LogP contribution in [0.4, 0.5) is 5.69 Å². The van der Waals surface area contributed by atoms with Gasteiger partial charge in [0.15, 0.2) is 0 Å². The van der Waals surface area contributed by atoms with E-state index >= 15 is 0 Å². The van der Waals surface area contributed by atoms with Crippen molar-refractivity contribution in [1.29, 1.82) is 0 Å². The molecule has 6 nitrogen and oxygen atoms in total. The van der Waals surface area contributed by atoms with Crippen molar-refractivity contribution in [2.24, 2.45) is 0 Å². The Bertz CT molecular complexity index is 496. The summed E-state index contributed by atoms with van der Waals surface area (Å²) in [6.45, 7) is 2.53. The Kier molecular flexibility index (Phi) is 4.80. The fraction of sp³-hybridized carbons (Fsp3) is 0.538. The zero-order valence-electron chi connectivity index (χ0n) is 11.0. The van der Waals surface area contributed by atoms with Crippen molar-refractivity contribution in [3.8, 4) is 5.75 Å². The molecule has 110 valence electrons. The highest BCUT2D eigenvalue weighted by molar-refractivity contribution is 6.32. The summed E-state index contributed by atoms with van der Waals surface area (Å²) in [5.41, 5.74) is -0.0882. The molecular formula is C13H16ClNO5. The van der Waals surface area contributed by atoms with E-state index in [1.807, 2.05) is 6.92 Å². The van der Waals surface area contributed by atoms with E-state index in [1.54, 1.807) is 0 Å². The Labute approximate surface area is 121 Å². The second-order valence-corrected chi connectivity index (χ2v) is 5.07. The van der Waals surface area contributed by atoms with E-state index in [1.165, 1.54) is 18.2 Å². The van der Waals surface area contributed by atoms with Gasteiger partial charge in [-0.2, -0.15) is 0 Å². The van der Waals surface area contributed by atoms with E-state index in [4.69, 9.17) is 21.1 Å². The molecule has 1 aliphatic carbocycles. The first-order valence-corrected chi connectivity index (χ1v) is 6.81. The molecule has 1 aliphatic rings. The molecule has 7 heteroatoms. The van der Waals surface area contributed by atoms with Crippen LogP contribution >= 0.6 is 11.6 Å². The number of ether oxygens (including phenoxy) is 2. The van der Waals surface area contributed by atoms with Gasteiger partial charge in [0, 0.05) is 25.2 Å². The number of aliphatic hydroxyl groups excluding tert-OH is 1. The summed E-state index contributed by atoms with van der Waals surface area (Å²) < 4.78 is 11.2. The topological polar surface area (TPSA) is 81.8 Å². The summed E-state index contributed by atoms with van der Waals surface area (Å²) in [7, 11) is 0. The second-order valence-electron chi connectivity index (χ2n) is 4.67. The van der Waals surface area contributed by atoms with Gasteiger partial charge >= 0.3 is 0 Å². The van der Waals surface area contributed by atoms with Gasteiger partial charge in [-0.05, 0) is 12.5 Å². The summed E-state index contributed by atoms with van der Waals surface area (Å²) in [5.74, 6) is 0.360. The first kappa shape index (κ1) is 15.0. The first-order chi connectivity index (χ1) is 9.52. The van der Waals surface area contributed by atoms with E-state index in [9.17, 15) is 15.2 Å². The molecule has 0 bridgehead atoms. The number of nitro groups is 1. The number of nitrogens with zero attached hydrogens (tertiary/aromatic N) is 1. The molecule has 1 fully saturated rings. The third kappa shape index (κ3) is 3.20. The molecule has 1 N–H and O–H groups in total. The third-order valence-corrected chi connectivity index (χ3v) is 3.43. The molecule has 1 aromatic carbocycles. The highest BCUT2D eigenvalue weighted by Gasteiger charge is 2.43. The minimum atomic E-state index is -0.539. The van der Waals surface area contributed by atoms with Gasteiger partial charge in [-0.1, -0.05) is 18.5 Å². The van der Waals surface area contributed by atoms with Crippen LogP contribution in [-0.2, 0) is 4.74 Å². The monoisotopic (exact) mass is 301 g/mol. The fourth-order valence-electron chi connectivity index (χ4n) is 2.01. The van der Waals surface area contributed by atoms with Gasteiger partial charge in [-0.15, -0.1) is 0 Å². The third-order valence-electron chi connectivity index (χ3n) is 3.14. The molecule has 0 spiro atoms. The highest BCUT2D eigenvalue weighted by atomic mass is 35.5. The number of hydrogen-bond donors (Lipinski definition) is 1. The predicted octanol–water partition coefficient (Wildman–Crippen LogP) is 2.56. The van der Waals surface area contributed by atoms with Crippen LogP contribution in [0, 0.1) is 10.1 Å². The van der Waals surface area contributed by atoms with E-state index in [2.05, 4.69) is 0 Å². The van der Waals surface area contributed by atoms with Crippen molar-refractivity contribution in [2.45, 2.75) is 38.1 Å². The lowest BCUT2D eigenvalue weighted by molar-refractivity contribution is -0.384. The van der Waals surface area contributed by atoms with Crippen LogP contribution in [0.25, 0.3) is 0 Å². The maximum Gasteiger partial charge on any atom is 0.271 e. The Hall–Kier alpha value is -1.37. The van der Waals surface area contributed by atoms with Gasteiger partial charge in [-0.25, -0.2) is 0 Å². The molecule has 0 amide bonds. The largest absolute Gasteiger partial charge is 0.486 e. The number of halogens is 1. The average molecular weight is 302 g/mol. The molecule has 3 unspecified atom stereocenters. The van der Waals surface area contributed by atoms with E-state index < -0.39 is 11.0 Å². The maximum absolute atomic E-state index is 10.6. The lowest BCUT2D eigenvalue weighted by atomic mass is 9.88. The van der Waals surface area contributed by atoms with Crippen LogP contribution in [0.1, 0.15) is 19.8 Å². The molecular weight excluding hydrogens is 286 g/mol. The molecule has 0 saturated heterocycles. The molecule has 1 aromatic rings. The molecule has 0 radical (unpaired) electrons. The SMILES string of the molecule is CCCOC1C(O)CC1Oc1ccc([N+](=O)[O-])cc1Cl. The average Bonchev–Trinajstić information content (AvgIpc) is 2.40. The number of aliphatic hydroxyl groups is 1. The minimum Gasteiger partial charge on any atom is -0.486 e. The zero-order chi connectivity index (χ0) is 14.7. The molecule has 20 heavy (non-hydrogen) atoms. The number of hydrogen-bond acceptors (Lipinski definition) is 5. The summed E-state index contributed by atoms with van der Waals surface area (Å²) >= 11 is 5.95. The number of benzene rings is 1. The summed E-state index contributed by atoms with van der Waals surface area (Å²) in [6.07, 6.45) is 0.121. The first-order valence-electron chi connectivity index (χ1n) is 6.43. The summed E-state index contributed by atoms with van der Waals surface area (Å²) in [5, 5.41) is 20.4. The van der Waals surface area contributed by atoms with E-state index in [0.717, 1.165) is 6.42 Å². The van der Waals surface area contributed by atoms with E-state index in [-0.39, 0.29) is 22.9 Å². The molecule has 0 aromatic heterocycles. The minimum absolute atomic E-state index is 0.0882. The Morgan fingerprint density at radius 1 is 1.55 bits per heavy atom. The van der Waals surface area contributed by atoms with Crippen molar-refractivity contribution in [3.63, 3.8) is 0 Å². The zero-order valence-corrected chi connectivity index (χ0v) is 11.7. The van der Waals surface area contributed by atoms with Crippen molar-refractivity contribution in [3.05, 3.63) is 33.3 Å². The smallest absolute Gasteiger partial charge is 0.271 e. The molecule has 0 aliphatic heterocycles. The number of non-ortho nitro benzene ring substituents is 1. The van der Waals surface area contributed by atoms with Crippen LogP contribution in [0.15, 0.2) is 18.2 Å². The van der Waals surface area contributed by atoms with Gasteiger partial charge in [0.1, 0.15) is 18.0 Å². The van der Waals surface area contributed by atoms with Crippen LogP contribution in [0.3, 0.4) is 0 Å². The molecule has 3 atom stereocenters. The normalized spacial score (nSPS) is 25.1. The van der Waals surface area contributed by atoms with Crippen LogP contribution in [-0.4, -0.2) is 34.9 Å². The highest BCUT2D eigenvalue weighted by Crippen LogP contribution is 2.34. The van der Waals surface area contributed by atoms with Crippen LogP contribution < -0.4 is 4.74 Å². The standard InChI is InChI=1S/C13H16ClNO5/c1-2-5-19-13-10(16)7-12(13)20-11-4-3-8(15(17)18)6-9(11)14/h3-4,6,10,12-13,16H,2,5,7H2,1H3. The van der Waals surface area contributed by atoms with Crippen LogP contribution in [0.2, 0.25) is 5.02 Å². The Morgan fingerprint density at radius 2 is 2.30 bits per heavy atom. The van der Waals surface area contributed by atoms with Gasteiger partial charge < -0.3 is 14.6 Å². The molecule has 0 heterocycles. The Morgan fingerprint density at radius 3 is 2.85 bits per heavy atom.